The van der Waals surface area contributed by atoms with Crippen LogP contribution in [0.4, 0.5) is 17.1 Å². The summed E-state index contributed by atoms with van der Waals surface area (Å²) in [5, 5.41) is 2.84. The van der Waals surface area contributed by atoms with Crippen molar-refractivity contribution in [1.29, 1.82) is 0 Å². The number of aryl methyl sites for hydroxylation is 1. The highest BCUT2D eigenvalue weighted by atomic mass is 32.2. The van der Waals surface area contributed by atoms with E-state index < -0.39 is 15.9 Å². The van der Waals surface area contributed by atoms with Crippen molar-refractivity contribution in [2.45, 2.75) is 11.8 Å². The molecule has 190 valence electrons. The summed E-state index contributed by atoms with van der Waals surface area (Å²) in [4.78, 5) is 17.7. The van der Waals surface area contributed by atoms with Crippen LogP contribution in [0.15, 0.2) is 77.7 Å². The highest BCUT2D eigenvalue weighted by Gasteiger charge is 2.27. The molecular weight excluding hydrogens is 476 g/mol. The van der Waals surface area contributed by atoms with E-state index in [1.54, 1.807) is 24.3 Å². The molecule has 0 aliphatic carbocycles. The smallest absolute Gasteiger partial charge is 0.264 e. The summed E-state index contributed by atoms with van der Waals surface area (Å²) in [5.74, 6) is 0.119. The monoisotopic (exact) mass is 508 g/mol. The van der Waals surface area contributed by atoms with E-state index >= 15 is 0 Å². The van der Waals surface area contributed by atoms with Gasteiger partial charge in [0.2, 0.25) is 5.91 Å². The van der Waals surface area contributed by atoms with E-state index in [-0.39, 0.29) is 11.4 Å². The topological polar surface area (TPSA) is 82.2 Å². The molecule has 36 heavy (non-hydrogen) atoms. The van der Waals surface area contributed by atoms with Gasteiger partial charge in [-0.25, -0.2) is 8.42 Å². The Bertz CT molecular complexity index is 1270. The average molecular weight is 509 g/mol. The molecule has 1 aliphatic heterocycles. The minimum absolute atomic E-state index is 0.0770. The molecule has 3 aromatic carbocycles. The third-order valence-corrected chi connectivity index (χ3v) is 8.06. The predicted molar refractivity (Wildman–Crippen MR) is 143 cm³/mol. The highest BCUT2D eigenvalue weighted by Crippen LogP contribution is 2.26. The third-order valence-electron chi connectivity index (χ3n) is 6.28. The predicted octanol–water partition coefficient (Wildman–Crippen LogP) is 3.59. The van der Waals surface area contributed by atoms with Crippen molar-refractivity contribution >= 4 is 33.0 Å². The first-order valence-electron chi connectivity index (χ1n) is 11.8. The van der Waals surface area contributed by atoms with Crippen LogP contribution in [0.25, 0.3) is 0 Å². The number of carbonyl (C=O) groups excluding carboxylic acids is 1. The van der Waals surface area contributed by atoms with Gasteiger partial charge in [-0.2, -0.15) is 0 Å². The van der Waals surface area contributed by atoms with Crippen LogP contribution in [0, 0.1) is 6.92 Å². The van der Waals surface area contributed by atoms with Crippen molar-refractivity contribution in [2.75, 3.05) is 61.4 Å². The largest absolute Gasteiger partial charge is 0.497 e. The number of methoxy groups -OCH3 is 1. The van der Waals surface area contributed by atoms with Crippen LogP contribution >= 0.6 is 0 Å². The molecule has 1 saturated heterocycles. The summed E-state index contributed by atoms with van der Waals surface area (Å²) in [7, 11) is -0.365. The zero-order chi connectivity index (χ0) is 25.7. The first kappa shape index (κ1) is 25.5. The van der Waals surface area contributed by atoms with Crippen LogP contribution in [0.2, 0.25) is 0 Å². The molecule has 0 bridgehead atoms. The van der Waals surface area contributed by atoms with Crippen LogP contribution in [0.3, 0.4) is 0 Å². The average Bonchev–Trinajstić information content (AvgIpc) is 2.89. The summed E-state index contributed by atoms with van der Waals surface area (Å²) in [6.07, 6.45) is 0. The van der Waals surface area contributed by atoms with Gasteiger partial charge in [-0.05, 0) is 74.6 Å². The number of hydrogen-bond acceptors (Lipinski definition) is 6. The number of rotatable bonds is 8. The Labute approximate surface area is 213 Å². The van der Waals surface area contributed by atoms with E-state index in [2.05, 4.69) is 22.2 Å². The number of nitrogens with one attached hydrogen (secondary N) is 1. The van der Waals surface area contributed by atoms with Gasteiger partial charge in [-0.15, -0.1) is 0 Å². The molecule has 3 aromatic rings. The number of amides is 1. The second-order valence-corrected chi connectivity index (χ2v) is 10.8. The molecule has 1 N–H and O–H groups in total. The molecule has 1 aliphatic rings. The fraction of sp³-hybridized carbons (Fsp3) is 0.296. The Hall–Kier alpha value is -3.56. The Morgan fingerprint density at radius 2 is 1.53 bits per heavy atom. The molecule has 1 heterocycles. The standard InChI is InChI=1S/C27H32N4O4S/c1-21-4-8-24(9-5-21)31(36(33,34)26-14-12-25(35-3)13-15-26)20-27(32)28-22-6-10-23(11-7-22)30-18-16-29(2)17-19-30/h4-15H,16-20H2,1-3H3,(H,28,32). The quantitative estimate of drug-likeness (QED) is 0.501. The SMILES string of the molecule is COc1ccc(S(=O)(=O)N(CC(=O)Nc2ccc(N3CCN(C)CC3)cc2)c2ccc(C)cc2)cc1. The van der Waals surface area contributed by atoms with Gasteiger partial charge in [0.15, 0.2) is 0 Å². The molecule has 0 radical (unpaired) electrons. The normalized spacial score (nSPS) is 14.4. The number of carbonyl (C=O) groups is 1. The summed E-state index contributed by atoms with van der Waals surface area (Å²) in [6, 6.07) is 20.8. The summed E-state index contributed by atoms with van der Waals surface area (Å²) >= 11 is 0. The lowest BCUT2D eigenvalue weighted by atomic mass is 10.2. The third kappa shape index (κ3) is 5.98. The zero-order valence-corrected chi connectivity index (χ0v) is 21.7. The fourth-order valence-electron chi connectivity index (χ4n) is 4.05. The highest BCUT2D eigenvalue weighted by molar-refractivity contribution is 7.92. The lowest BCUT2D eigenvalue weighted by Gasteiger charge is -2.34. The van der Waals surface area contributed by atoms with E-state index in [4.69, 9.17) is 4.74 Å². The van der Waals surface area contributed by atoms with E-state index in [1.807, 2.05) is 43.3 Å². The van der Waals surface area contributed by atoms with E-state index in [1.165, 1.54) is 19.2 Å². The first-order valence-corrected chi connectivity index (χ1v) is 13.3. The van der Waals surface area contributed by atoms with Gasteiger partial charge in [0.1, 0.15) is 12.3 Å². The molecule has 9 heteroatoms. The number of benzene rings is 3. The molecule has 8 nitrogen and oxygen atoms in total. The lowest BCUT2D eigenvalue weighted by molar-refractivity contribution is -0.114. The Morgan fingerprint density at radius 1 is 0.917 bits per heavy atom. The van der Waals surface area contributed by atoms with Gasteiger partial charge in [0.25, 0.3) is 10.0 Å². The minimum atomic E-state index is -4.00. The number of ether oxygens (including phenoxy) is 1. The van der Waals surface area contributed by atoms with E-state index in [0.29, 0.717) is 17.1 Å². The molecule has 0 saturated carbocycles. The van der Waals surface area contributed by atoms with Crippen LogP contribution < -0.4 is 19.3 Å². The Morgan fingerprint density at radius 3 is 2.11 bits per heavy atom. The lowest BCUT2D eigenvalue weighted by Crippen LogP contribution is -2.44. The molecular formula is C27H32N4O4S. The number of sulfonamides is 1. The maximum absolute atomic E-state index is 13.5. The molecule has 1 fully saturated rings. The number of hydrogen-bond donors (Lipinski definition) is 1. The number of nitrogens with zero attached hydrogens (tertiary/aromatic N) is 3. The van der Waals surface area contributed by atoms with Crippen molar-refractivity contribution in [1.82, 2.24) is 4.90 Å². The molecule has 0 atom stereocenters. The Kier molecular flexibility index (Phi) is 7.81. The van der Waals surface area contributed by atoms with Crippen LogP contribution in [-0.2, 0) is 14.8 Å². The minimum Gasteiger partial charge on any atom is -0.497 e. The summed E-state index contributed by atoms with van der Waals surface area (Å²) in [6.45, 7) is 5.49. The Balaban J connectivity index is 1.51. The van der Waals surface area contributed by atoms with Crippen molar-refractivity contribution in [2.24, 2.45) is 0 Å². The van der Waals surface area contributed by atoms with Gasteiger partial charge < -0.3 is 19.9 Å². The molecule has 0 aromatic heterocycles. The van der Waals surface area contributed by atoms with Crippen molar-refractivity contribution < 1.29 is 17.9 Å². The molecule has 0 unspecified atom stereocenters. The van der Waals surface area contributed by atoms with Crippen LogP contribution in [-0.4, -0.2) is 66.1 Å². The molecule has 4 rings (SSSR count). The van der Waals surface area contributed by atoms with Gasteiger partial charge in [0.05, 0.1) is 17.7 Å². The second kappa shape index (κ2) is 11.0. The summed E-state index contributed by atoms with van der Waals surface area (Å²) < 4.78 is 33.4. The van der Waals surface area contributed by atoms with Gasteiger partial charge in [-0.3, -0.25) is 9.10 Å². The maximum Gasteiger partial charge on any atom is 0.264 e. The van der Waals surface area contributed by atoms with Crippen LogP contribution in [0.5, 0.6) is 5.75 Å². The molecule has 0 spiro atoms. The molecule has 1 amide bonds. The second-order valence-electron chi connectivity index (χ2n) is 8.91. The number of likely N-dealkylation sites (N-methyl/N-ethyl adjacent to an activating group) is 1. The van der Waals surface area contributed by atoms with Crippen molar-refractivity contribution in [3.63, 3.8) is 0 Å². The van der Waals surface area contributed by atoms with Gasteiger partial charge >= 0.3 is 0 Å². The van der Waals surface area contributed by atoms with E-state index in [9.17, 15) is 13.2 Å². The van der Waals surface area contributed by atoms with Gasteiger partial charge in [-0.1, -0.05) is 17.7 Å². The fourth-order valence-corrected chi connectivity index (χ4v) is 5.47. The van der Waals surface area contributed by atoms with Crippen molar-refractivity contribution in [3.05, 3.63) is 78.4 Å². The van der Waals surface area contributed by atoms with Gasteiger partial charge in [0, 0.05) is 37.6 Å². The number of anilines is 3. The van der Waals surface area contributed by atoms with E-state index in [0.717, 1.165) is 41.7 Å². The van der Waals surface area contributed by atoms with Crippen molar-refractivity contribution in [3.8, 4) is 5.75 Å². The summed E-state index contributed by atoms with van der Waals surface area (Å²) in [5.41, 5.74) is 3.12. The van der Waals surface area contributed by atoms with Crippen LogP contribution in [0.1, 0.15) is 5.56 Å². The zero-order valence-electron chi connectivity index (χ0n) is 20.8. The number of piperazine rings is 1. The maximum atomic E-state index is 13.5. The first-order chi connectivity index (χ1) is 17.3.